The molecule has 4 rings (SSSR count). The molecule has 0 unspecified atom stereocenters. The standard InChI is InChI=1S/C47H64O4/c1-26-17-28(3)40(48)34(19-26)33(35-20-27(2)18-29(4)41(35)49)25-32(30-21-36(44(5,6)7)42(50)37(22-30)45(8,9)10)31-23-38(46(11,12)13)43(51)39(24-31)47(14,15)16/h17-24,32-33,48-51H,25H2,1-16H3. The molecular formula is C47H64O4. The maximum atomic E-state index is 11.8. The summed E-state index contributed by atoms with van der Waals surface area (Å²) < 4.78 is 0. The first kappa shape index (κ1) is 39.9. The number of rotatable bonds is 6. The Kier molecular flexibility index (Phi) is 10.6. The van der Waals surface area contributed by atoms with Crippen molar-refractivity contribution in [2.24, 2.45) is 0 Å². The molecule has 0 aliphatic rings. The van der Waals surface area contributed by atoms with Crippen LogP contribution in [0.1, 0.15) is 168 Å². The third-order valence-corrected chi connectivity index (χ3v) is 10.5. The normalized spacial score (nSPS) is 13.1. The van der Waals surface area contributed by atoms with Gasteiger partial charge in [0.2, 0.25) is 0 Å². The van der Waals surface area contributed by atoms with Crippen molar-refractivity contribution in [2.45, 2.75) is 151 Å². The highest BCUT2D eigenvalue weighted by Gasteiger charge is 2.34. The summed E-state index contributed by atoms with van der Waals surface area (Å²) in [6.45, 7) is 33.5. The van der Waals surface area contributed by atoms with E-state index in [0.717, 1.165) is 66.8 Å². The van der Waals surface area contributed by atoms with Gasteiger partial charge in [0.15, 0.2) is 0 Å². The van der Waals surface area contributed by atoms with Crippen molar-refractivity contribution in [3.63, 3.8) is 0 Å². The van der Waals surface area contributed by atoms with E-state index in [4.69, 9.17) is 0 Å². The molecule has 0 aliphatic heterocycles. The molecule has 4 N–H and O–H groups in total. The highest BCUT2D eigenvalue weighted by molar-refractivity contribution is 5.58. The van der Waals surface area contributed by atoms with Crippen molar-refractivity contribution in [2.75, 3.05) is 0 Å². The molecule has 4 aromatic carbocycles. The first-order valence-electron chi connectivity index (χ1n) is 18.5. The molecule has 4 aromatic rings. The molecule has 0 saturated carbocycles. The van der Waals surface area contributed by atoms with Gasteiger partial charge in [0.25, 0.3) is 0 Å². The minimum atomic E-state index is -0.387. The van der Waals surface area contributed by atoms with Crippen LogP contribution in [0.5, 0.6) is 23.0 Å². The zero-order valence-corrected chi connectivity index (χ0v) is 34.3. The third-order valence-electron chi connectivity index (χ3n) is 10.5. The van der Waals surface area contributed by atoms with Crippen molar-refractivity contribution in [1.82, 2.24) is 0 Å². The predicted molar refractivity (Wildman–Crippen MR) is 214 cm³/mol. The Hall–Kier alpha value is -3.92. The fourth-order valence-corrected chi connectivity index (χ4v) is 7.64. The molecule has 0 amide bonds. The summed E-state index contributed by atoms with van der Waals surface area (Å²) in [7, 11) is 0. The number of aromatic hydroxyl groups is 4. The van der Waals surface area contributed by atoms with Gasteiger partial charge >= 0.3 is 0 Å². The monoisotopic (exact) mass is 692 g/mol. The van der Waals surface area contributed by atoms with Crippen molar-refractivity contribution in [3.05, 3.63) is 115 Å². The Bertz CT molecular complexity index is 1720. The molecule has 4 heteroatoms. The van der Waals surface area contributed by atoms with Gasteiger partial charge in [-0.1, -0.05) is 143 Å². The van der Waals surface area contributed by atoms with E-state index in [1.165, 1.54) is 0 Å². The molecule has 0 saturated heterocycles. The summed E-state index contributed by atoms with van der Waals surface area (Å²) in [5.74, 6) is 0.476. The van der Waals surface area contributed by atoms with E-state index < -0.39 is 0 Å². The van der Waals surface area contributed by atoms with Crippen LogP contribution >= 0.6 is 0 Å². The van der Waals surface area contributed by atoms with Gasteiger partial charge in [0.05, 0.1) is 0 Å². The molecule has 0 fully saturated rings. The number of benzene rings is 4. The minimum absolute atomic E-state index is 0.232. The largest absolute Gasteiger partial charge is 0.507 e. The lowest BCUT2D eigenvalue weighted by Gasteiger charge is -2.34. The molecule has 4 nitrogen and oxygen atoms in total. The first-order chi connectivity index (χ1) is 23.1. The number of hydrogen-bond donors (Lipinski definition) is 4. The van der Waals surface area contributed by atoms with Crippen LogP contribution in [0.4, 0.5) is 0 Å². The van der Waals surface area contributed by atoms with Crippen LogP contribution in [-0.2, 0) is 21.7 Å². The maximum absolute atomic E-state index is 11.8. The summed E-state index contributed by atoms with van der Waals surface area (Å²) in [4.78, 5) is 0. The van der Waals surface area contributed by atoms with Gasteiger partial charge in [-0.15, -0.1) is 0 Å². The van der Waals surface area contributed by atoms with E-state index in [1.807, 2.05) is 39.8 Å². The Morgan fingerprint density at radius 3 is 0.922 bits per heavy atom. The molecule has 0 spiro atoms. The molecule has 51 heavy (non-hydrogen) atoms. The lowest BCUT2D eigenvalue weighted by atomic mass is 9.71. The SMILES string of the molecule is Cc1cc(C)c(O)c(C(CC(c2cc(C(C)(C)C)c(O)c(C(C)(C)C)c2)c2cc(C(C)(C)C)c(O)c(C(C)(C)C)c2)c2cc(C)cc(C)c2O)c1. The number of phenols is 4. The molecule has 0 atom stereocenters. The second-order valence-corrected chi connectivity index (χ2v) is 19.3. The summed E-state index contributed by atoms with van der Waals surface area (Å²) in [6, 6.07) is 16.7. The highest BCUT2D eigenvalue weighted by Crippen LogP contribution is 2.50. The van der Waals surface area contributed by atoms with Crippen molar-refractivity contribution in [1.29, 1.82) is 0 Å². The molecule has 0 bridgehead atoms. The number of phenolic OH excluding ortho intramolecular Hbond substituents is 4. The smallest absolute Gasteiger partial charge is 0.123 e. The van der Waals surface area contributed by atoms with Gasteiger partial charge < -0.3 is 20.4 Å². The van der Waals surface area contributed by atoms with E-state index in [0.29, 0.717) is 17.9 Å². The van der Waals surface area contributed by atoms with Gasteiger partial charge in [0.1, 0.15) is 23.0 Å². The molecule has 0 heterocycles. The molecule has 276 valence electrons. The van der Waals surface area contributed by atoms with E-state index in [1.54, 1.807) is 0 Å². The second-order valence-electron chi connectivity index (χ2n) is 19.3. The van der Waals surface area contributed by atoms with Crippen molar-refractivity contribution >= 4 is 0 Å². The van der Waals surface area contributed by atoms with Crippen LogP contribution in [0.3, 0.4) is 0 Å². The third kappa shape index (κ3) is 8.27. The summed E-state index contributed by atoms with van der Waals surface area (Å²) >= 11 is 0. The average molecular weight is 693 g/mol. The number of hydrogen-bond acceptors (Lipinski definition) is 4. The van der Waals surface area contributed by atoms with Crippen molar-refractivity contribution in [3.8, 4) is 23.0 Å². The molecular weight excluding hydrogens is 629 g/mol. The van der Waals surface area contributed by atoms with Crippen LogP contribution in [0, 0.1) is 27.7 Å². The fraction of sp³-hybridized carbons (Fsp3) is 0.489. The summed E-state index contributed by atoms with van der Waals surface area (Å²) in [5, 5.41) is 47.1. The van der Waals surface area contributed by atoms with Gasteiger partial charge in [0, 0.05) is 23.0 Å². The molecule has 0 aromatic heterocycles. The summed E-state index contributed by atoms with van der Waals surface area (Å²) in [6.07, 6.45) is 0.517. The van der Waals surface area contributed by atoms with E-state index in [-0.39, 0.29) is 45.0 Å². The fourth-order valence-electron chi connectivity index (χ4n) is 7.64. The van der Waals surface area contributed by atoms with Crippen molar-refractivity contribution < 1.29 is 20.4 Å². The lowest BCUT2D eigenvalue weighted by Crippen LogP contribution is -2.21. The van der Waals surface area contributed by atoms with Crippen LogP contribution in [0.2, 0.25) is 0 Å². The first-order valence-corrected chi connectivity index (χ1v) is 18.5. The van der Waals surface area contributed by atoms with Crippen LogP contribution in [0.25, 0.3) is 0 Å². The number of aryl methyl sites for hydroxylation is 4. The van der Waals surface area contributed by atoms with Gasteiger partial charge in [-0.3, -0.25) is 0 Å². The average Bonchev–Trinajstić information content (AvgIpc) is 2.96. The summed E-state index contributed by atoms with van der Waals surface area (Å²) in [5.41, 5.74) is 9.43. The van der Waals surface area contributed by atoms with E-state index in [9.17, 15) is 20.4 Å². The minimum Gasteiger partial charge on any atom is -0.507 e. The van der Waals surface area contributed by atoms with E-state index >= 15 is 0 Å². The van der Waals surface area contributed by atoms with Gasteiger partial charge in [-0.05, 0) is 100 Å². The zero-order valence-electron chi connectivity index (χ0n) is 34.3. The molecule has 0 radical (unpaired) electrons. The predicted octanol–water partition coefficient (Wildman–Crippen LogP) is 12.3. The molecule has 0 aliphatic carbocycles. The topological polar surface area (TPSA) is 80.9 Å². The highest BCUT2D eigenvalue weighted by atomic mass is 16.3. The van der Waals surface area contributed by atoms with Crippen LogP contribution in [0.15, 0.2) is 48.5 Å². The Balaban J connectivity index is 2.23. The lowest BCUT2D eigenvalue weighted by molar-refractivity contribution is 0.421. The van der Waals surface area contributed by atoms with Crippen LogP contribution < -0.4 is 0 Å². The van der Waals surface area contributed by atoms with E-state index in [2.05, 4.69) is 119 Å². The Morgan fingerprint density at radius 1 is 0.392 bits per heavy atom. The second kappa shape index (κ2) is 13.6. The zero-order chi connectivity index (χ0) is 38.8. The Labute approximate surface area is 308 Å². The maximum Gasteiger partial charge on any atom is 0.123 e. The quantitative estimate of drug-likeness (QED) is 0.162. The van der Waals surface area contributed by atoms with Crippen LogP contribution in [-0.4, -0.2) is 20.4 Å². The van der Waals surface area contributed by atoms with Gasteiger partial charge in [-0.25, -0.2) is 0 Å². The Morgan fingerprint density at radius 2 is 0.667 bits per heavy atom. The van der Waals surface area contributed by atoms with Gasteiger partial charge in [-0.2, -0.15) is 0 Å².